The van der Waals surface area contributed by atoms with Crippen LogP contribution < -0.4 is 0 Å². The maximum absolute atomic E-state index is 11.4. The Bertz CT molecular complexity index is 413. The first-order valence-corrected chi connectivity index (χ1v) is 7.92. The van der Waals surface area contributed by atoms with Gasteiger partial charge < -0.3 is 0 Å². The van der Waals surface area contributed by atoms with Gasteiger partial charge in [-0.05, 0) is 6.42 Å². The first kappa shape index (κ1) is 12.6. The standard InChI is InChI=1S/C7H10N2O3S3/c1-2-5-13-7(10)15(11,12)14-9-4-3-8-6-9/h3-4,6H,2,5H2,1H3. The lowest BCUT2D eigenvalue weighted by Gasteiger charge is -2.00. The quantitative estimate of drug-likeness (QED) is 0.776. The monoisotopic (exact) mass is 266 g/mol. The van der Waals surface area contributed by atoms with Crippen molar-refractivity contribution in [2.75, 3.05) is 5.75 Å². The second kappa shape index (κ2) is 5.57. The van der Waals surface area contributed by atoms with Crippen LogP contribution in [0.5, 0.6) is 0 Å². The van der Waals surface area contributed by atoms with Crippen molar-refractivity contribution in [1.29, 1.82) is 0 Å². The average Bonchev–Trinajstić information content (AvgIpc) is 2.65. The molecule has 15 heavy (non-hydrogen) atoms. The molecule has 0 unspecified atom stereocenters. The fourth-order valence-corrected chi connectivity index (χ4v) is 4.21. The van der Waals surface area contributed by atoms with Gasteiger partial charge >= 0.3 is 4.45 Å². The molecule has 0 aliphatic heterocycles. The van der Waals surface area contributed by atoms with E-state index in [1.807, 2.05) is 6.92 Å². The minimum Gasteiger partial charge on any atom is -0.268 e. The number of thioether (sulfide) groups is 1. The highest BCUT2D eigenvalue weighted by Crippen LogP contribution is 2.23. The molecule has 0 fully saturated rings. The zero-order chi connectivity index (χ0) is 11.3. The molecule has 1 heterocycles. The van der Waals surface area contributed by atoms with Gasteiger partial charge in [-0.25, -0.2) is 13.4 Å². The smallest absolute Gasteiger partial charge is 0.268 e. The summed E-state index contributed by atoms with van der Waals surface area (Å²) in [7, 11) is -3.32. The zero-order valence-electron chi connectivity index (χ0n) is 7.99. The summed E-state index contributed by atoms with van der Waals surface area (Å²) in [5.74, 6) is 0.516. The summed E-state index contributed by atoms with van der Waals surface area (Å²) in [6.07, 6.45) is 5.02. The van der Waals surface area contributed by atoms with Crippen LogP contribution in [-0.2, 0) is 8.87 Å². The van der Waals surface area contributed by atoms with E-state index in [0.29, 0.717) is 16.7 Å². The number of carbonyl (C=O) groups is 1. The van der Waals surface area contributed by atoms with E-state index in [4.69, 9.17) is 0 Å². The number of carbonyl (C=O) groups excluding carboxylic acids is 1. The zero-order valence-corrected chi connectivity index (χ0v) is 10.4. The minimum atomic E-state index is -3.79. The Morgan fingerprint density at radius 1 is 1.53 bits per heavy atom. The van der Waals surface area contributed by atoms with Crippen molar-refractivity contribution >= 4 is 36.1 Å². The maximum Gasteiger partial charge on any atom is 0.315 e. The molecule has 0 bridgehead atoms. The van der Waals surface area contributed by atoms with Gasteiger partial charge in [-0.2, -0.15) is 0 Å². The Labute approximate surface area is 96.1 Å². The maximum atomic E-state index is 11.4. The van der Waals surface area contributed by atoms with E-state index >= 15 is 0 Å². The molecule has 1 aromatic heterocycles. The summed E-state index contributed by atoms with van der Waals surface area (Å²) in [5.41, 5.74) is 0. The Kier molecular flexibility index (Phi) is 4.68. The molecule has 0 saturated carbocycles. The second-order valence-corrected chi connectivity index (χ2v) is 7.49. The van der Waals surface area contributed by atoms with Crippen LogP contribution in [-0.4, -0.2) is 27.6 Å². The third-order valence-corrected chi connectivity index (χ3v) is 6.02. The number of hydrogen-bond donors (Lipinski definition) is 0. The molecule has 1 rings (SSSR count). The molecule has 0 aliphatic rings. The first-order valence-electron chi connectivity index (χ1n) is 4.16. The fraction of sp³-hybridized carbons (Fsp3) is 0.429. The SMILES string of the molecule is CCCSC(=O)S(=O)(=O)Sn1ccnc1. The number of imidazole rings is 1. The van der Waals surface area contributed by atoms with Gasteiger partial charge in [0.2, 0.25) is 0 Å². The number of rotatable bonds is 4. The van der Waals surface area contributed by atoms with Crippen molar-refractivity contribution in [2.45, 2.75) is 13.3 Å². The molecule has 8 heteroatoms. The third-order valence-electron chi connectivity index (χ3n) is 1.29. The molecule has 0 amide bonds. The van der Waals surface area contributed by atoms with Gasteiger partial charge in [0.15, 0.2) is 0 Å². The molecular formula is C7H10N2O3S3. The molecule has 0 radical (unpaired) electrons. The lowest BCUT2D eigenvalue weighted by molar-refractivity contribution is 0.275. The molecule has 0 saturated heterocycles. The highest BCUT2D eigenvalue weighted by molar-refractivity contribution is 8.80. The van der Waals surface area contributed by atoms with Gasteiger partial charge in [0, 0.05) is 18.1 Å². The highest BCUT2D eigenvalue weighted by Gasteiger charge is 2.24. The van der Waals surface area contributed by atoms with Gasteiger partial charge in [-0.3, -0.25) is 8.77 Å². The van der Waals surface area contributed by atoms with E-state index < -0.39 is 13.3 Å². The first-order chi connectivity index (χ1) is 7.06. The van der Waals surface area contributed by atoms with Gasteiger partial charge in [0.1, 0.15) is 6.33 Å². The summed E-state index contributed by atoms with van der Waals surface area (Å²) in [6.45, 7) is 1.88. The second-order valence-electron chi connectivity index (χ2n) is 2.55. The van der Waals surface area contributed by atoms with E-state index in [1.54, 1.807) is 0 Å². The van der Waals surface area contributed by atoms with Crippen LogP contribution in [0.2, 0.25) is 0 Å². The molecule has 84 valence electrons. The van der Waals surface area contributed by atoms with Gasteiger partial charge in [-0.1, -0.05) is 18.7 Å². The Hall–Kier alpha value is -0.470. The Morgan fingerprint density at radius 3 is 2.80 bits per heavy atom. The van der Waals surface area contributed by atoms with Crippen molar-refractivity contribution in [2.24, 2.45) is 0 Å². The topological polar surface area (TPSA) is 69.0 Å². The van der Waals surface area contributed by atoms with Crippen LogP contribution in [0.3, 0.4) is 0 Å². The molecule has 0 aromatic carbocycles. The average molecular weight is 266 g/mol. The largest absolute Gasteiger partial charge is 0.315 e. The number of nitrogens with zero attached hydrogens (tertiary/aromatic N) is 2. The summed E-state index contributed by atoms with van der Waals surface area (Å²) < 4.78 is 23.4. The van der Waals surface area contributed by atoms with Crippen molar-refractivity contribution in [1.82, 2.24) is 8.96 Å². The van der Waals surface area contributed by atoms with E-state index in [0.717, 1.165) is 18.2 Å². The number of hydrogen-bond acceptors (Lipinski definition) is 6. The highest BCUT2D eigenvalue weighted by atomic mass is 33.1. The normalized spacial score (nSPS) is 11.5. The van der Waals surface area contributed by atoms with Crippen LogP contribution in [0.1, 0.15) is 13.3 Å². The Morgan fingerprint density at radius 2 is 2.27 bits per heavy atom. The van der Waals surface area contributed by atoms with E-state index in [9.17, 15) is 13.2 Å². The van der Waals surface area contributed by atoms with Crippen LogP contribution >= 0.6 is 22.7 Å². The predicted octanol–water partition coefficient (Wildman–Crippen LogP) is 1.97. The van der Waals surface area contributed by atoms with Gasteiger partial charge in [0.05, 0.1) is 11.0 Å². The molecule has 1 aromatic rings. The molecule has 5 nitrogen and oxygen atoms in total. The van der Waals surface area contributed by atoms with E-state index in [-0.39, 0.29) is 0 Å². The van der Waals surface area contributed by atoms with Gasteiger partial charge in [-0.15, -0.1) is 0 Å². The third kappa shape index (κ3) is 3.88. The van der Waals surface area contributed by atoms with Crippen LogP contribution in [0, 0.1) is 0 Å². The van der Waals surface area contributed by atoms with E-state index in [2.05, 4.69) is 4.98 Å². The van der Waals surface area contributed by atoms with Crippen molar-refractivity contribution in [3.05, 3.63) is 18.7 Å². The Balaban J connectivity index is 2.63. The summed E-state index contributed by atoms with van der Waals surface area (Å²) in [4.78, 5) is 15.0. The molecule has 0 atom stereocenters. The van der Waals surface area contributed by atoms with Crippen LogP contribution in [0.15, 0.2) is 18.7 Å². The van der Waals surface area contributed by atoms with Crippen LogP contribution in [0.25, 0.3) is 0 Å². The summed E-state index contributed by atoms with van der Waals surface area (Å²) in [5, 5.41) is 0. The molecule has 0 N–H and O–H groups in total. The van der Waals surface area contributed by atoms with Crippen LogP contribution in [0.4, 0.5) is 4.79 Å². The number of aromatic nitrogens is 2. The van der Waals surface area contributed by atoms with Crippen molar-refractivity contribution in [3.8, 4) is 0 Å². The fourth-order valence-electron chi connectivity index (χ4n) is 0.692. The summed E-state index contributed by atoms with van der Waals surface area (Å²) in [6, 6.07) is 0. The summed E-state index contributed by atoms with van der Waals surface area (Å²) >= 11 is 0.824. The minimum absolute atomic E-state index is 0.467. The molecule has 0 aliphatic carbocycles. The van der Waals surface area contributed by atoms with Gasteiger partial charge in [0.25, 0.3) is 8.87 Å². The van der Waals surface area contributed by atoms with Crippen molar-refractivity contribution in [3.63, 3.8) is 0 Å². The predicted molar refractivity (Wildman–Crippen MR) is 62.3 cm³/mol. The molecule has 0 spiro atoms. The lowest BCUT2D eigenvalue weighted by atomic mass is 10.6. The van der Waals surface area contributed by atoms with E-state index in [1.165, 1.54) is 22.7 Å². The van der Waals surface area contributed by atoms with Crippen molar-refractivity contribution < 1.29 is 13.2 Å². The molecular weight excluding hydrogens is 256 g/mol. The lowest BCUT2D eigenvalue weighted by Crippen LogP contribution is -2.07.